The van der Waals surface area contributed by atoms with Crippen molar-refractivity contribution in [3.05, 3.63) is 35.9 Å². The second kappa shape index (κ2) is 6.15. The number of aliphatic hydroxyl groups excluding tert-OH is 1. The van der Waals surface area contributed by atoms with Crippen LogP contribution in [0.25, 0.3) is 0 Å². The van der Waals surface area contributed by atoms with Gasteiger partial charge in [0.15, 0.2) is 0 Å². The molecule has 17 heavy (non-hydrogen) atoms. The molecule has 1 saturated heterocycles. The van der Waals surface area contributed by atoms with Crippen LogP contribution in [0.3, 0.4) is 0 Å². The van der Waals surface area contributed by atoms with Crippen LogP contribution < -0.4 is 0 Å². The zero-order valence-electron chi connectivity index (χ0n) is 10.4. The first-order valence-corrected chi connectivity index (χ1v) is 6.29. The number of benzene rings is 1. The van der Waals surface area contributed by atoms with Gasteiger partial charge in [0.2, 0.25) is 0 Å². The molecule has 1 aliphatic heterocycles. The zero-order chi connectivity index (χ0) is 12.1. The van der Waals surface area contributed by atoms with E-state index in [-0.39, 0.29) is 6.04 Å². The molecule has 2 atom stereocenters. The number of aliphatic hydroxyl groups is 1. The average molecular weight is 235 g/mol. The Bertz CT molecular complexity index is 322. The van der Waals surface area contributed by atoms with Crippen LogP contribution in [0.4, 0.5) is 0 Å². The van der Waals surface area contributed by atoms with Crippen LogP contribution in [0.2, 0.25) is 0 Å². The van der Waals surface area contributed by atoms with Gasteiger partial charge in [0, 0.05) is 7.11 Å². The molecule has 1 aromatic rings. The summed E-state index contributed by atoms with van der Waals surface area (Å²) in [4.78, 5) is 2.33. The minimum Gasteiger partial charge on any atom is -0.387 e. The summed E-state index contributed by atoms with van der Waals surface area (Å²) in [6.45, 7) is 2.71. The quantitative estimate of drug-likeness (QED) is 0.845. The molecule has 0 spiro atoms. The van der Waals surface area contributed by atoms with Gasteiger partial charge in [0.25, 0.3) is 0 Å². The lowest BCUT2D eigenvalue weighted by Crippen LogP contribution is -2.41. The third-order valence-corrected chi connectivity index (χ3v) is 3.45. The smallest absolute Gasteiger partial charge is 0.0967 e. The molecule has 0 saturated carbocycles. The normalized spacial score (nSPS) is 20.4. The fourth-order valence-electron chi connectivity index (χ4n) is 2.51. The van der Waals surface area contributed by atoms with Crippen LogP contribution in [0.15, 0.2) is 30.3 Å². The monoisotopic (exact) mass is 235 g/mol. The van der Waals surface area contributed by atoms with Gasteiger partial charge < -0.3 is 9.84 Å². The summed E-state index contributed by atoms with van der Waals surface area (Å²) in [6.07, 6.45) is 1.98. The Morgan fingerprint density at radius 2 is 1.88 bits per heavy atom. The van der Waals surface area contributed by atoms with Crippen molar-refractivity contribution in [2.45, 2.75) is 25.0 Å². The van der Waals surface area contributed by atoms with E-state index in [9.17, 15) is 5.11 Å². The van der Waals surface area contributed by atoms with Gasteiger partial charge in [0.1, 0.15) is 0 Å². The van der Waals surface area contributed by atoms with Gasteiger partial charge in [-0.1, -0.05) is 30.3 Å². The Balaban J connectivity index is 2.09. The molecule has 94 valence electrons. The van der Waals surface area contributed by atoms with Crippen molar-refractivity contribution in [2.75, 3.05) is 26.8 Å². The van der Waals surface area contributed by atoms with E-state index in [1.165, 1.54) is 12.8 Å². The molecule has 1 aromatic carbocycles. The molecule has 1 N–H and O–H groups in total. The number of ether oxygens (including phenoxy) is 1. The Kier molecular flexibility index (Phi) is 4.54. The standard InChI is InChI=1S/C14H21NO2/c1-17-11-13(15-9-5-6-10-15)14(16)12-7-3-2-4-8-12/h2-4,7-8,13-14,16H,5-6,9-11H2,1H3/t13?,14-/m0/s1. The molecule has 1 fully saturated rings. The van der Waals surface area contributed by atoms with Gasteiger partial charge in [-0.2, -0.15) is 0 Å². The summed E-state index contributed by atoms with van der Waals surface area (Å²) in [5.74, 6) is 0. The number of rotatable bonds is 5. The van der Waals surface area contributed by atoms with Gasteiger partial charge in [-0.3, -0.25) is 4.90 Å². The van der Waals surface area contributed by atoms with E-state index in [0.29, 0.717) is 6.61 Å². The molecule has 2 rings (SSSR count). The lowest BCUT2D eigenvalue weighted by molar-refractivity contribution is 0.0116. The minimum atomic E-state index is -0.464. The summed E-state index contributed by atoms with van der Waals surface area (Å²) in [5.41, 5.74) is 0.974. The van der Waals surface area contributed by atoms with Gasteiger partial charge in [-0.15, -0.1) is 0 Å². The molecule has 0 amide bonds. The molecule has 0 aromatic heterocycles. The lowest BCUT2D eigenvalue weighted by atomic mass is 10.0. The van der Waals surface area contributed by atoms with Crippen LogP contribution in [0, 0.1) is 0 Å². The molecule has 3 heteroatoms. The Hall–Kier alpha value is -0.900. The average Bonchev–Trinajstić information content (AvgIpc) is 2.90. The van der Waals surface area contributed by atoms with E-state index >= 15 is 0 Å². The predicted molar refractivity (Wildman–Crippen MR) is 67.9 cm³/mol. The van der Waals surface area contributed by atoms with Crippen LogP contribution in [-0.4, -0.2) is 42.9 Å². The Morgan fingerprint density at radius 1 is 1.24 bits per heavy atom. The fourth-order valence-corrected chi connectivity index (χ4v) is 2.51. The van der Waals surface area contributed by atoms with E-state index < -0.39 is 6.10 Å². The molecule has 0 bridgehead atoms. The van der Waals surface area contributed by atoms with Gasteiger partial charge in [0.05, 0.1) is 18.8 Å². The Labute approximate surface area is 103 Å². The Morgan fingerprint density at radius 3 is 2.47 bits per heavy atom. The topological polar surface area (TPSA) is 32.7 Å². The molecule has 1 unspecified atom stereocenters. The van der Waals surface area contributed by atoms with Crippen molar-refractivity contribution in [3.8, 4) is 0 Å². The molecule has 3 nitrogen and oxygen atoms in total. The van der Waals surface area contributed by atoms with Gasteiger partial charge >= 0.3 is 0 Å². The van der Waals surface area contributed by atoms with Gasteiger partial charge in [-0.05, 0) is 31.5 Å². The number of methoxy groups -OCH3 is 1. The fraction of sp³-hybridized carbons (Fsp3) is 0.571. The maximum absolute atomic E-state index is 10.5. The van der Waals surface area contributed by atoms with Crippen LogP contribution >= 0.6 is 0 Å². The number of likely N-dealkylation sites (tertiary alicyclic amines) is 1. The SMILES string of the molecule is COCC([C@@H](O)c1ccccc1)N1CCCC1. The van der Waals surface area contributed by atoms with Gasteiger partial charge in [-0.25, -0.2) is 0 Å². The maximum Gasteiger partial charge on any atom is 0.0967 e. The second-order valence-electron chi connectivity index (χ2n) is 4.62. The highest BCUT2D eigenvalue weighted by Gasteiger charge is 2.28. The summed E-state index contributed by atoms with van der Waals surface area (Å²) in [6, 6.07) is 9.92. The zero-order valence-corrected chi connectivity index (χ0v) is 10.4. The van der Waals surface area contributed by atoms with E-state index in [0.717, 1.165) is 18.7 Å². The molecule has 0 radical (unpaired) electrons. The van der Waals surface area contributed by atoms with Crippen molar-refractivity contribution in [1.29, 1.82) is 0 Å². The molecule has 1 heterocycles. The number of nitrogens with zero attached hydrogens (tertiary/aromatic N) is 1. The van der Waals surface area contributed by atoms with E-state index in [1.807, 2.05) is 30.3 Å². The van der Waals surface area contributed by atoms with Crippen molar-refractivity contribution in [1.82, 2.24) is 4.90 Å². The van der Waals surface area contributed by atoms with E-state index in [4.69, 9.17) is 4.74 Å². The van der Waals surface area contributed by atoms with Crippen LogP contribution in [-0.2, 0) is 4.74 Å². The number of hydrogen-bond donors (Lipinski definition) is 1. The van der Waals surface area contributed by atoms with Crippen molar-refractivity contribution in [2.24, 2.45) is 0 Å². The minimum absolute atomic E-state index is 0.0740. The molecule has 0 aliphatic carbocycles. The van der Waals surface area contributed by atoms with Crippen molar-refractivity contribution >= 4 is 0 Å². The first-order chi connectivity index (χ1) is 8.33. The summed E-state index contributed by atoms with van der Waals surface area (Å²) in [7, 11) is 1.70. The third-order valence-electron chi connectivity index (χ3n) is 3.45. The highest BCUT2D eigenvalue weighted by atomic mass is 16.5. The summed E-state index contributed by atoms with van der Waals surface area (Å²) in [5, 5.41) is 10.5. The first-order valence-electron chi connectivity index (χ1n) is 6.29. The van der Waals surface area contributed by atoms with Crippen molar-refractivity contribution < 1.29 is 9.84 Å². The largest absolute Gasteiger partial charge is 0.387 e. The molecular weight excluding hydrogens is 214 g/mol. The highest BCUT2D eigenvalue weighted by Crippen LogP contribution is 2.24. The number of hydrogen-bond acceptors (Lipinski definition) is 3. The lowest BCUT2D eigenvalue weighted by Gasteiger charge is -2.31. The second-order valence-corrected chi connectivity index (χ2v) is 4.62. The van der Waals surface area contributed by atoms with Crippen LogP contribution in [0.1, 0.15) is 24.5 Å². The van der Waals surface area contributed by atoms with E-state index in [1.54, 1.807) is 7.11 Å². The van der Waals surface area contributed by atoms with Crippen molar-refractivity contribution in [3.63, 3.8) is 0 Å². The summed E-state index contributed by atoms with van der Waals surface area (Å²) < 4.78 is 5.26. The maximum atomic E-state index is 10.5. The highest BCUT2D eigenvalue weighted by molar-refractivity contribution is 5.19. The first kappa shape index (κ1) is 12.6. The molecule has 1 aliphatic rings. The summed E-state index contributed by atoms with van der Waals surface area (Å²) >= 11 is 0. The predicted octanol–water partition coefficient (Wildman–Crippen LogP) is 1.83. The van der Waals surface area contributed by atoms with Crippen LogP contribution in [0.5, 0.6) is 0 Å². The molecular formula is C14H21NO2. The third kappa shape index (κ3) is 3.06. The van der Waals surface area contributed by atoms with E-state index in [2.05, 4.69) is 4.90 Å².